The van der Waals surface area contributed by atoms with Crippen molar-refractivity contribution in [2.24, 2.45) is 5.73 Å². The second-order valence-electron chi connectivity index (χ2n) is 4.19. The number of nitrogens with two attached hydrogens (primary N) is 1. The first-order chi connectivity index (χ1) is 7.54. The molecule has 0 saturated heterocycles. The van der Waals surface area contributed by atoms with Gasteiger partial charge in [0.1, 0.15) is 11.6 Å². The van der Waals surface area contributed by atoms with Crippen LogP contribution in [-0.2, 0) is 0 Å². The fourth-order valence-corrected chi connectivity index (χ4v) is 1.66. The highest BCUT2D eigenvalue weighted by molar-refractivity contribution is 5.36. The largest absolute Gasteiger partial charge is 0.490 e. The molecule has 0 saturated carbocycles. The van der Waals surface area contributed by atoms with Crippen LogP contribution in [0.1, 0.15) is 45.2 Å². The van der Waals surface area contributed by atoms with Crippen molar-refractivity contribution in [2.75, 3.05) is 0 Å². The third-order valence-corrected chi connectivity index (χ3v) is 2.49. The fourth-order valence-electron chi connectivity index (χ4n) is 1.66. The molecule has 0 bridgehead atoms. The number of ether oxygens (including phenoxy) is 1. The summed E-state index contributed by atoms with van der Waals surface area (Å²) in [6.45, 7) is 5.95. The molecule has 0 amide bonds. The lowest BCUT2D eigenvalue weighted by Gasteiger charge is -2.18. The van der Waals surface area contributed by atoms with Crippen LogP contribution in [0.25, 0.3) is 0 Å². The standard InChI is InChI=1S/C13H20FNO/c1-4-5-9(2)16-13-7-6-11(14)8-12(13)10(3)15/h6-10H,4-5,15H2,1-3H3/t9?,10-/m1/s1. The predicted octanol–water partition coefficient (Wildman–Crippen LogP) is 3.41. The predicted molar refractivity (Wildman–Crippen MR) is 64.0 cm³/mol. The first kappa shape index (κ1) is 13.0. The Kier molecular flexibility index (Phi) is 4.74. The molecule has 0 radical (unpaired) electrons. The highest BCUT2D eigenvalue weighted by atomic mass is 19.1. The van der Waals surface area contributed by atoms with E-state index in [1.165, 1.54) is 12.1 Å². The summed E-state index contributed by atoms with van der Waals surface area (Å²) in [7, 11) is 0. The molecule has 0 aliphatic rings. The average molecular weight is 225 g/mol. The lowest BCUT2D eigenvalue weighted by atomic mass is 10.1. The maximum absolute atomic E-state index is 13.1. The molecule has 1 aromatic carbocycles. The first-order valence-corrected chi connectivity index (χ1v) is 5.76. The van der Waals surface area contributed by atoms with Gasteiger partial charge in [-0.05, 0) is 38.5 Å². The van der Waals surface area contributed by atoms with Gasteiger partial charge in [-0.2, -0.15) is 0 Å². The van der Waals surface area contributed by atoms with E-state index < -0.39 is 0 Å². The molecular weight excluding hydrogens is 205 g/mol. The number of benzene rings is 1. The molecule has 0 spiro atoms. The summed E-state index contributed by atoms with van der Waals surface area (Å²) in [4.78, 5) is 0. The second-order valence-corrected chi connectivity index (χ2v) is 4.19. The Morgan fingerprint density at radius 1 is 1.38 bits per heavy atom. The normalized spacial score (nSPS) is 14.6. The van der Waals surface area contributed by atoms with Crippen LogP contribution in [0.4, 0.5) is 4.39 Å². The molecule has 0 aliphatic heterocycles. The number of hydrogen-bond acceptors (Lipinski definition) is 2. The molecule has 1 rings (SSSR count). The van der Waals surface area contributed by atoms with Crippen molar-refractivity contribution in [1.29, 1.82) is 0 Å². The van der Waals surface area contributed by atoms with E-state index in [1.54, 1.807) is 6.07 Å². The van der Waals surface area contributed by atoms with E-state index in [-0.39, 0.29) is 18.0 Å². The van der Waals surface area contributed by atoms with Gasteiger partial charge in [-0.25, -0.2) is 4.39 Å². The molecule has 2 atom stereocenters. The smallest absolute Gasteiger partial charge is 0.124 e. The van der Waals surface area contributed by atoms with E-state index in [2.05, 4.69) is 6.92 Å². The van der Waals surface area contributed by atoms with Crippen LogP contribution in [0, 0.1) is 5.82 Å². The summed E-state index contributed by atoms with van der Waals surface area (Å²) < 4.78 is 18.8. The Morgan fingerprint density at radius 3 is 2.62 bits per heavy atom. The summed E-state index contributed by atoms with van der Waals surface area (Å²) >= 11 is 0. The van der Waals surface area contributed by atoms with Gasteiger partial charge in [-0.15, -0.1) is 0 Å². The van der Waals surface area contributed by atoms with Crippen LogP contribution < -0.4 is 10.5 Å². The molecule has 1 aromatic rings. The van der Waals surface area contributed by atoms with Gasteiger partial charge < -0.3 is 10.5 Å². The van der Waals surface area contributed by atoms with E-state index in [4.69, 9.17) is 10.5 Å². The Labute approximate surface area is 96.6 Å². The minimum absolute atomic E-state index is 0.132. The maximum Gasteiger partial charge on any atom is 0.124 e. The van der Waals surface area contributed by atoms with E-state index in [9.17, 15) is 4.39 Å². The van der Waals surface area contributed by atoms with E-state index in [1.807, 2.05) is 13.8 Å². The van der Waals surface area contributed by atoms with Crippen molar-refractivity contribution in [1.82, 2.24) is 0 Å². The number of hydrogen-bond donors (Lipinski definition) is 1. The zero-order valence-electron chi connectivity index (χ0n) is 10.2. The topological polar surface area (TPSA) is 35.2 Å². The molecule has 0 heterocycles. The molecular formula is C13H20FNO. The first-order valence-electron chi connectivity index (χ1n) is 5.76. The summed E-state index contributed by atoms with van der Waals surface area (Å²) in [5.41, 5.74) is 6.51. The quantitative estimate of drug-likeness (QED) is 0.833. The maximum atomic E-state index is 13.1. The zero-order valence-corrected chi connectivity index (χ0v) is 10.2. The molecule has 1 unspecified atom stereocenters. The lowest BCUT2D eigenvalue weighted by molar-refractivity contribution is 0.207. The number of rotatable bonds is 5. The SMILES string of the molecule is CCCC(C)Oc1ccc(F)cc1[C@@H](C)N. The van der Waals surface area contributed by atoms with Crippen molar-refractivity contribution in [3.8, 4) is 5.75 Å². The van der Waals surface area contributed by atoms with Gasteiger partial charge >= 0.3 is 0 Å². The molecule has 90 valence electrons. The van der Waals surface area contributed by atoms with Gasteiger partial charge in [0.05, 0.1) is 6.10 Å². The van der Waals surface area contributed by atoms with Crippen molar-refractivity contribution < 1.29 is 9.13 Å². The lowest BCUT2D eigenvalue weighted by Crippen LogP contribution is -2.15. The van der Waals surface area contributed by atoms with Gasteiger partial charge in [0, 0.05) is 11.6 Å². The Bertz CT molecular complexity index is 339. The average Bonchev–Trinajstić information content (AvgIpc) is 2.20. The molecule has 16 heavy (non-hydrogen) atoms. The van der Waals surface area contributed by atoms with Gasteiger partial charge in [0.15, 0.2) is 0 Å². The molecule has 0 aliphatic carbocycles. The highest BCUT2D eigenvalue weighted by Gasteiger charge is 2.11. The minimum atomic E-state index is -0.275. The third-order valence-electron chi connectivity index (χ3n) is 2.49. The molecule has 2 N–H and O–H groups in total. The van der Waals surface area contributed by atoms with Crippen LogP contribution in [0.15, 0.2) is 18.2 Å². The zero-order chi connectivity index (χ0) is 12.1. The summed E-state index contributed by atoms with van der Waals surface area (Å²) in [5, 5.41) is 0. The van der Waals surface area contributed by atoms with Gasteiger partial charge in [-0.3, -0.25) is 0 Å². The fraction of sp³-hybridized carbons (Fsp3) is 0.538. The molecule has 0 fully saturated rings. The van der Waals surface area contributed by atoms with Crippen molar-refractivity contribution in [2.45, 2.75) is 45.8 Å². The van der Waals surface area contributed by atoms with Gasteiger partial charge in [0.2, 0.25) is 0 Å². The van der Waals surface area contributed by atoms with Crippen molar-refractivity contribution in [3.63, 3.8) is 0 Å². The second kappa shape index (κ2) is 5.85. The Balaban J connectivity index is 2.86. The van der Waals surface area contributed by atoms with Crippen molar-refractivity contribution >= 4 is 0 Å². The molecule has 0 aromatic heterocycles. The van der Waals surface area contributed by atoms with Crippen LogP contribution in [0.5, 0.6) is 5.75 Å². The van der Waals surface area contributed by atoms with Crippen LogP contribution in [0.3, 0.4) is 0 Å². The summed E-state index contributed by atoms with van der Waals surface area (Å²) in [5.74, 6) is 0.417. The monoisotopic (exact) mass is 225 g/mol. The van der Waals surface area contributed by atoms with Crippen LogP contribution in [0.2, 0.25) is 0 Å². The minimum Gasteiger partial charge on any atom is -0.490 e. The van der Waals surface area contributed by atoms with E-state index in [0.29, 0.717) is 5.75 Å². The van der Waals surface area contributed by atoms with Crippen molar-refractivity contribution in [3.05, 3.63) is 29.6 Å². The van der Waals surface area contributed by atoms with Gasteiger partial charge in [0.25, 0.3) is 0 Å². The Hall–Kier alpha value is -1.09. The van der Waals surface area contributed by atoms with E-state index >= 15 is 0 Å². The number of halogens is 1. The van der Waals surface area contributed by atoms with Gasteiger partial charge in [-0.1, -0.05) is 13.3 Å². The highest BCUT2D eigenvalue weighted by Crippen LogP contribution is 2.26. The Morgan fingerprint density at radius 2 is 2.06 bits per heavy atom. The van der Waals surface area contributed by atoms with Crippen LogP contribution >= 0.6 is 0 Å². The summed E-state index contributed by atoms with van der Waals surface area (Å²) in [6.07, 6.45) is 2.18. The van der Waals surface area contributed by atoms with E-state index in [0.717, 1.165) is 18.4 Å². The summed E-state index contributed by atoms with van der Waals surface area (Å²) in [6, 6.07) is 4.28. The third kappa shape index (κ3) is 3.49. The van der Waals surface area contributed by atoms with Crippen LogP contribution in [-0.4, -0.2) is 6.10 Å². The molecule has 2 nitrogen and oxygen atoms in total. The molecule has 3 heteroatoms.